The summed E-state index contributed by atoms with van der Waals surface area (Å²) in [6, 6.07) is 7.97. The van der Waals surface area contributed by atoms with Crippen LogP contribution in [-0.4, -0.2) is 26.1 Å². The summed E-state index contributed by atoms with van der Waals surface area (Å²) in [6.45, 7) is 8.34. The summed E-state index contributed by atoms with van der Waals surface area (Å²) in [7, 11) is 0. The van der Waals surface area contributed by atoms with Gasteiger partial charge in [0, 0.05) is 0 Å². The lowest BCUT2D eigenvalue weighted by molar-refractivity contribution is 0.0689. The maximum absolute atomic E-state index is 11.1. The van der Waals surface area contributed by atoms with Crippen LogP contribution >= 0.6 is 0 Å². The van der Waals surface area contributed by atoms with E-state index in [1.54, 1.807) is 4.68 Å². The first-order valence-electron chi connectivity index (χ1n) is 6.63. The molecule has 1 aromatic carbocycles. The van der Waals surface area contributed by atoms with Crippen molar-refractivity contribution in [3.05, 3.63) is 41.2 Å². The summed E-state index contributed by atoms with van der Waals surface area (Å²) in [6.07, 6.45) is 0.565. The molecule has 0 amide bonds. The van der Waals surface area contributed by atoms with Crippen molar-refractivity contribution in [3.8, 4) is 5.69 Å². The molecule has 0 spiro atoms. The fourth-order valence-electron chi connectivity index (χ4n) is 2.09. The Morgan fingerprint density at radius 3 is 2.30 bits per heavy atom. The van der Waals surface area contributed by atoms with Crippen LogP contribution in [0.15, 0.2) is 24.3 Å². The Bertz CT molecular complexity index is 622. The highest BCUT2D eigenvalue weighted by Gasteiger charge is 2.19. The van der Waals surface area contributed by atoms with Gasteiger partial charge in [-0.15, -0.1) is 5.10 Å². The number of aromatic nitrogens is 3. The van der Waals surface area contributed by atoms with Gasteiger partial charge in [-0.3, -0.25) is 0 Å². The maximum Gasteiger partial charge on any atom is 0.358 e. The van der Waals surface area contributed by atoms with Crippen molar-refractivity contribution in [1.29, 1.82) is 0 Å². The van der Waals surface area contributed by atoms with E-state index in [-0.39, 0.29) is 11.1 Å². The number of aromatic carboxylic acids is 1. The quantitative estimate of drug-likeness (QED) is 0.933. The number of carboxylic acid groups (broad SMARTS) is 1. The molecule has 0 aliphatic rings. The first-order valence-corrected chi connectivity index (χ1v) is 6.63. The molecule has 2 aromatic rings. The van der Waals surface area contributed by atoms with Gasteiger partial charge < -0.3 is 5.11 Å². The zero-order chi connectivity index (χ0) is 14.9. The van der Waals surface area contributed by atoms with Crippen LogP contribution in [0.25, 0.3) is 5.69 Å². The predicted molar refractivity (Wildman–Crippen MR) is 76.4 cm³/mol. The predicted octanol–water partition coefficient (Wildman–Crippen LogP) is 2.83. The lowest BCUT2D eigenvalue weighted by atomic mass is 9.87. The zero-order valence-corrected chi connectivity index (χ0v) is 12.2. The Morgan fingerprint density at radius 1 is 1.25 bits per heavy atom. The molecule has 0 unspecified atom stereocenters. The third kappa shape index (κ3) is 2.57. The van der Waals surface area contributed by atoms with Gasteiger partial charge in [-0.05, 0) is 29.5 Å². The molecule has 5 nitrogen and oxygen atoms in total. The summed E-state index contributed by atoms with van der Waals surface area (Å²) in [5.41, 5.74) is 2.77. The molecule has 0 saturated carbocycles. The van der Waals surface area contributed by atoms with Crippen molar-refractivity contribution < 1.29 is 9.90 Å². The van der Waals surface area contributed by atoms with E-state index in [0.29, 0.717) is 12.1 Å². The van der Waals surface area contributed by atoms with Crippen LogP contribution in [0.3, 0.4) is 0 Å². The molecule has 2 rings (SSSR count). The van der Waals surface area contributed by atoms with Gasteiger partial charge in [-0.1, -0.05) is 45.0 Å². The highest BCUT2D eigenvalue weighted by atomic mass is 16.4. The third-order valence-corrected chi connectivity index (χ3v) is 3.28. The molecular weight excluding hydrogens is 254 g/mol. The molecule has 20 heavy (non-hydrogen) atoms. The normalized spacial score (nSPS) is 11.6. The number of benzene rings is 1. The number of hydrogen-bond acceptors (Lipinski definition) is 3. The van der Waals surface area contributed by atoms with Crippen molar-refractivity contribution in [1.82, 2.24) is 15.0 Å². The number of hydrogen-bond donors (Lipinski definition) is 1. The van der Waals surface area contributed by atoms with Crippen LogP contribution < -0.4 is 0 Å². The van der Waals surface area contributed by atoms with Gasteiger partial charge in [-0.2, -0.15) is 0 Å². The van der Waals surface area contributed by atoms with Crippen LogP contribution in [0.5, 0.6) is 0 Å². The summed E-state index contributed by atoms with van der Waals surface area (Å²) in [5, 5.41) is 16.8. The Labute approximate surface area is 118 Å². The van der Waals surface area contributed by atoms with Crippen LogP contribution in [0, 0.1) is 0 Å². The van der Waals surface area contributed by atoms with E-state index in [4.69, 9.17) is 5.11 Å². The second-order valence-corrected chi connectivity index (χ2v) is 5.75. The smallest absolute Gasteiger partial charge is 0.358 e. The van der Waals surface area contributed by atoms with Gasteiger partial charge >= 0.3 is 5.97 Å². The van der Waals surface area contributed by atoms with E-state index in [0.717, 1.165) is 5.69 Å². The molecular formula is C15H19N3O2. The second-order valence-electron chi connectivity index (χ2n) is 5.75. The van der Waals surface area contributed by atoms with Crippen LogP contribution in [-0.2, 0) is 11.8 Å². The van der Waals surface area contributed by atoms with Crippen molar-refractivity contribution in [2.45, 2.75) is 39.5 Å². The molecule has 0 aliphatic heterocycles. The summed E-state index contributed by atoms with van der Waals surface area (Å²) >= 11 is 0. The Hall–Kier alpha value is -2.17. The first kappa shape index (κ1) is 14.2. The number of nitrogens with zero attached hydrogens (tertiary/aromatic N) is 3. The molecule has 0 saturated heterocycles. The molecule has 5 heteroatoms. The lowest BCUT2D eigenvalue weighted by Crippen LogP contribution is -2.11. The molecule has 106 valence electrons. The Kier molecular flexibility index (Phi) is 3.61. The van der Waals surface area contributed by atoms with Crippen LogP contribution in [0.4, 0.5) is 0 Å². The van der Waals surface area contributed by atoms with Gasteiger partial charge in [-0.25, -0.2) is 9.48 Å². The largest absolute Gasteiger partial charge is 0.476 e. The average Bonchev–Trinajstić information content (AvgIpc) is 2.81. The molecule has 0 aliphatic carbocycles. The minimum absolute atomic E-state index is 0.0207. The second kappa shape index (κ2) is 5.07. The maximum atomic E-state index is 11.1. The lowest BCUT2D eigenvalue weighted by Gasteiger charge is -2.19. The number of rotatable bonds is 3. The van der Waals surface area contributed by atoms with Gasteiger partial charge in [0.2, 0.25) is 0 Å². The van der Waals surface area contributed by atoms with Crippen molar-refractivity contribution in [3.63, 3.8) is 0 Å². The van der Waals surface area contributed by atoms with E-state index < -0.39 is 5.97 Å². The standard InChI is InChI=1S/C15H19N3O2/c1-5-12-13(14(19)20)16-17-18(12)11-8-6-10(7-9-11)15(2,3)4/h6-9H,5H2,1-4H3,(H,19,20). The van der Waals surface area contributed by atoms with Crippen molar-refractivity contribution in [2.24, 2.45) is 0 Å². The van der Waals surface area contributed by atoms with Crippen molar-refractivity contribution >= 4 is 5.97 Å². The monoisotopic (exact) mass is 273 g/mol. The van der Waals surface area contributed by atoms with E-state index in [1.807, 2.05) is 31.2 Å². The first-order chi connectivity index (χ1) is 9.34. The molecule has 1 aromatic heterocycles. The molecule has 0 atom stereocenters. The fourth-order valence-corrected chi connectivity index (χ4v) is 2.09. The highest BCUT2D eigenvalue weighted by molar-refractivity contribution is 5.86. The average molecular weight is 273 g/mol. The van der Waals surface area contributed by atoms with Gasteiger partial charge in [0.05, 0.1) is 11.4 Å². The van der Waals surface area contributed by atoms with Crippen molar-refractivity contribution in [2.75, 3.05) is 0 Å². The Balaban J connectivity index is 2.45. The molecule has 0 fully saturated rings. The van der Waals surface area contributed by atoms with Gasteiger partial charge in [0.15, 0.2) is 5.69 Å². The Morgan fingerprint density at radius 2 is 1.85 bits per heavy atom. The minimum atomic E-state index is -1.04. The molecule has 1 N–H and O–H groups in total. The summed E-state index contributed by atoms with van der Waals surface area (Å²) in [4.78, 5) is 11.1. The molecule has 1 heterocycles. The summed E-state index contributed by atoms with van der Waals surface area (Å²) in [5.74, 6) is -1.04. The van der Waals surface area contributed by atoms with E-state index in [9.17, 15) is 4.79 Å². The third-order valence-electron chi connectivity index (χ3n) is 3.28. The minimum Gasteiger partial charge on any atom is -0.476 e. The van der Waals surface area contributed by atoms with Crippen LogP contribution in [0.2, 0.25) is 0 Å². The summed E-state index contributed by atoms with van der Waals surface area (Å²) < 4.78 is 1.59. The highest BCUT2D eigenvalue weighted by Crippen LogP contribution is 2.23. The fraction of sp³-hybridized carbons (Fsp3) is 0.400. The van der Waals surface area contributed by atoms with Crippen LogP contribution in [0.1, 0.15) is 49.4 Å². The topological polar surface area (TPSA) is 68.0 Å². The van der Waals surface area contributed by atoms with E-state index in [2.05, 4.69) is 31.1 Å². The van der Waals surface area contributed by atoms with Gasteiger partial charge in [0.25, 0.3) is 0 Å². The van der Waals surface area contributed by atoms with E-state index in [1.165, 1.54) is 5.56 Å². The van der Waals surface area contributed by atoms with Gasteiger partial charge in [0.1, 0.15) is 0 Å². The van der Waals surface area contributed by atoms with E-state index >= 15 is 0 Å². The molecule has 0 radical (unpaired) electrons. The number of carboxylic acids is 1. The SMILES string of the molecule is CCc1c(C(=O)O)nnn1-c1ccc(C(C)(C)C)cc1. The molecule has 0 bridgehead atoms. The zero-order valence-electron chi connectivity index (χ0n) is 12.2. The number of carbonyl (C=O) groups is 1.